The molecule has 5 heteroatoms. The fourth-order valence-corrected chi connectivity index (χ4v) is 1.95. The van der Waals surface area contributed by atoms with Crippen LogP contribution < -0.4 is 11.1 Å². The van der Waals surface area contributed by atoms with Gasteiger partial charge in [-0.2, -0.15) is 0 Å². The number of unbranched alkanes of at least 4 members (excludes halogenated alkanes) is 1. The van der Waals surface area contributed by atoms with Gasteiger partial charge >= 0.3 is 0 Å². The minimum atomic E-state index is 0.321. The highest BCUT2D eigenvalue weighted by Crippen LogP contribution is 2.20. The predicted octanol–water partition coefficient (Wildman–Crippen LogP) is 2.81. The highest BCUT2D eigenvalue weighted by Gasteiger charge is 2.03. The summed E-state index contributed by atoms with van der Waals surface area (Å²) in [5, 5.41) is 3.87. The number of nitrogens with two attached hydrogens (primary N) is 1. The molecule has 0 saturated heterocycles. The van der Waals surface area contributed by atoms with E-state index in [1.165, 1.54) is 0 Å². The molecule has 0 aliphatic heterocycles. The van der Waals surface area contributed by atoms with Crippen LogP contribution in [0.25, 0.3) is 0 Å². The molecule has 1 aromatic carbocycles. The molecule has 1 aromatic rings. The molecule has 0 radical (unpaired) electrons. The molecule has 3 nitrogen and oxygen atoms in total. The third-order valence-corrected chi connectivity index (χ3v) is 2.87. The Kier molecular flexibility index (Phi) is 6.26. The van der Waals surface area contributed by atoms with Crippen LogP contribution in [0.5, 0.6) is 0 Å². The van der Waals surface area contributed by atoms with Crippen molar-refractivity contribution < 1.29 is 4.74 Å². The lowest BCUT2D eigenvalue weighted by atomic mass is 10.2. The molecule has 0 aliphatic rings. The first-order valence-corrected chi connectivity index (χ1v) is 6.26. The van der Waals surface area contributed by atoms with Crippen LogP contribution in [0.15, 0.2) is 18.2 Å². The lowest BCUT2D eigenvalue weighted by molar-refractivity contribution is 0.194. The number of halogens is 1. The summed E-state index contributed by atoms with van der Waals surface area (Å²) in [4.78, 5) is 0.321. The first kappa shape index (κ1) is 14.2. The summed E-state index contributed by atoms with van der Waals surface area (Å²) in [5.74, 6) is 0. The summed E-state index contributed by atoms with van der Waals surface area (Å²) < 4.78 is 4.98. The van der Waals surface area contributed by atoms with E-state index in [-0.39, 0.29) is 0 Å². The number of hydrogen-bond acceptors (Lipinski definition) is 3. The van der Waals surface area contributed by atoms with Crippen molar-refractivity contribution in [1.82, 2.24) is 0 Å². The lowest BCUT2D eigenvalue weighted by Crippen LogP contribution is -2.10. The van der Waals surface area contributed by atoms with E-state index in [4.69, 9.17) is 34.3 Å². The van der Waals surface area contributed by atoms with Gasteiger partial charge < -0.3 is 15.8 Å². The van der Waals surface area contributed by atoms with Gasteiger partial charge in [0.1, 0.15) is 4.99 Å². The third-order valence-electron chi connectivity index (χ3n) is 2.34. The van der Waals surface area contributed by atoms with Crippen LogP contribution in [0.2, 0.25) is 5.02 Å². The van der Waals surface area contributed by atoms with Crippen molar-refractivity contribution in [3.63, 3.8) is 0 Å². The predicted molar refractivity (Wildman–Crippen MR) is 76.9 cm³/mol. The minimum Gasteiger partial charge on any atom is -0.389 e. The number of hydrogen-bond donors (Lipinski definition) is 2. The molecule has 0 aliphatic carbocycles. The number of rotatable bonds is 7. The van der Waals surface area contributed by atoms with Crippen molar-refractivity contribution >= 4 is 34.5 Å². The van der Waals surface area contributed by atoms with Crippen molar-refractivity contribution in [1.29, 1.82) is 0 Å². The van der Waals surface area contributed by atoms with E-state index in [9.17, 15) is 0 Å². The Morgan fingerprint density at radius 2 is 2.24 bits per heavy atom. The number of nitrogens with one attached hydrogen (secondary N) is 1. The molecule has 3 N–H and O–H groups in total. The van der Waals surface area contributed by atoms with Crippen molar-refractivity contribution in [2.24, 2.45) is 5.73 Å². The van der Waals surface area contributed by atoms with Crippen molar-refractivity contribution in [3.05, 3.63) is 28.8 Å². The molecule has 0 heterocycles. The van der Waals surface area contributed by atoms with Crippen molar-refractivity contribution in [2.75, 3.05) is 25.6 Å². The molecule has 0 atom stereocenters. The average molecular weight is 273 g/mol. The van der Waals surface area contributed by atoms with E-state index >= 15 is 0 Å². The summed E-state index contributed by atoms with van der Waals surface area (Å²) in [6, 6.07) is 5.60. The van der Waals surface area contributed by atoms with Gasteiger partial charge in [-0.3, -0.25) is 0 Å². The number of anilines is 1. The van der Waals surface area contributed by atoms with Crippen molar-refractivity contribution in [3.8, 4) is 0 Å². The SMILES string of the molecule is COCCCCNc1ccc(C(N)=S)c(Cl)c1. The largest absolute Gasteiger partial charge is 0.389 e. The molecule has 0 amide bonds. The Bertz CT molecular complexity index is 385. The van der Waals surface area contributed by atoms with Crippen molar-refractivity contribution in [2.45, 2.75) is 12.8 Å². The van der Waals surface area contributed by atoms with Crippen LogP contribution in [0.1, 0.15) is 18.4 Å². The Balaban J connectivity index is 2.45. The van der Waals surface area contributed by atoms with Crippen LogP contribution in [-0.2, 0) is 4.74 Å². The van der Waals surface area contributed by atoms with E-state index in [1.54, 1.807) is 7.11 Å². The van der Waals surface area contributed by atoms with Gasteiger partial charge in [-0.25, -0.2) is 0 Å². The molecule has 0 bridgehead atoms. The summed E-state index contributed by atoms with van der Waals surface area (Å²) in [6.07, 6.45) is 2.10. The molecule has 0 spiro atoms. The van der Waals surface area contributed by atoms with Crippen LogP contribution >= 0.6 is 23.8 Å². The molecule has 1 rings (SSSR count). The molecule has 17 heavy (non-hydrogen) atoms. The first-order valence-electron chi connectivity index (χ1n) is 5.47. The number of methoxy groups -OCH3 is 1. The molecular weight excluding hydrogens is 256 g/mol. The van der Waals surface area contributed by atoms with E-state index < -0.39 is 0 Å². The van der Waals surface area contributed by atoms with E-state index in [1.807, 2.05) is 18.2 Å². The maximum atomic E-state index is 6.06. The first-order chi connectivity index (χ1) is 8.15. The zero-order chi connectivity index (χ0) is 12.7. The quantitative estimate of drug-likeness (QED) is 0.592. The van der Waals surface area contributed by atoms with Crippen LogP contribution in [0, 0.1) is 0 Å². The van der Waals surface area contributed by atoms with Crippen LogP contribution in [0.4, 0.5) is 5.69 Å². The maximum Gasteiger partial charge on any atom is 0.105 e. The fourth-order valence-electron chi connectivity index (χ4n) is 1.43. The Morgan fingerprint density at radius 3 is 2.82 bits per heavy atom. The molecule has 0 aromatic heterocycles. The number of ether oxygens (including phenoxy) is 1. The molecule has 0 saturated carbocycles. The highest BCUT2D eigenvalue weighted by molar-refractivity contribution is 7.80. The average Bonchev–Trinajstić information content (AvgIpc) is 2.28. The number of thiocarbonyl (C=S) groups is 1. The van der Waals surface area contributed by atoms with Gasteiger partial charge in [0.25, 0.3) is 0 Å². The lowest BCUT2D eigenvalue weighted by Gasteiger charge is -2.08. The summed E-state index contributed by atoms with van der Waals surface area (Å²) in [6.45, 7) is 1.69. The topological polar surface area (TPSA) is 47.3 Å². The second kappa shape index (κ2) is 7.48. The maximum absolute atomic E-state index is 6.06. The van der Waals surface area contributed by atoms with Gasteiger partial charge in [0.05, 0.1) is 5.02 Å². The van der Waals surface area contributed by atoms with E-state index in [2.05, 4.69) is 5.32 Å². The Labute approximate surface area is 112 Å². The molecule has 0 fully saturated rings. The van der Waals surface area contributed by atoms with Gasteiger partial charge in [0.2, 0.25) is 0 Å². The minimum absolute atomic E-state index is 0.321. The summed E-state index contributed by atoms with van der Waals surface area (Å²) in [7, 11) is 1.71. The third kappa shape index (κ3) is 4.89. The van der Waals surface area contributed by atoms with Gasteiger partial charge in [-0.15, -0.1) is 0 Å². The highest BCUT2D eigenvalue weighted by atomic mass is 35.5. The van der Waals surface area contributed by atoms with E-state index in [0.29, 0.717) is 15.6 Å². The normalized spacial score (nSPS) is 10.2. The summed E-state index contributed by atoms with van der Waals surface area (Å²) in [5.41, 5.74) is 7.23. The van der Waals surface area contributed by atoms with Crippen LogP contribution in [0.3, 0.4) is 0 Å². The molecular formula is C12H17ClN2OS. The Morgan fingerprint density at radius 1 is 1.47 bits per heavy atom. The zero-order valence-corrected chi connectivity index (χ0v) is 11.4. The van der Waals surface area contributed by atoms with Gasteiger partial charge in [0, 0.05) is 31.5 Å². The number of benzene rings is 1. The zero-order valence-electron chi connectivity index (χ0n) is 9.83. The second-order valence-corrected chi connectivity index (χ2v) is 4.53. The molecule has 0 unspecified atom stereocenters. The fraction of sp³-hybridized carbons (Fsp3) is 0.417. The van der Waals surface area contributed by atoms with Gasteiger partial charge in [-0.05, 0) is 31.0 Å². The van der Waals surface area contributed by atoms with Crippen LogP contribution in [-0.4, -0.2) is 25.2 Å². The monoisotopic (exact) mass is 272 g/mol. The van der Waals surface area contributed by atoms with E-state index in [0.717, 1.165) is 31.7 Å². The van der Waals surface area contributed by atoms with Gasteiger partial charge in [-0.1, -0.05) is 23.8 Å². The summed E-state index contributed by atoms with van der Waals surface area (Å²) >= 11 is 10.9. The Hall–Kier alpha value is -0.840. The smallest absolute Gasteiger partial charge is 0.105 e. The molecule has 94 valence electrons. The van der Waals surface area contributed by atoms with Gasteiger partial charge in [0.15, 0.2) is 0 Å². The second-order valence-electron chi connectivity index (χ2n) is 3.69. The standard InChI is InChI=1S/C12H17ClN2OS/c1-16-7-3-2-6-15-9-4-5-10(12(14)17)11(13)8-9/h4-5,8,15H,2-3,6-7H2,1H3,(H2,14,17).